The summed E-state index contributed by atoms with van der Waals surface area (Å²) in [7, 11) is 6.36. The molecule has 1 aromatic rings. The number of nitrogens with two attached hydrogens (primary N) is 1. The number of nitrogens with zero attached hydrogens (tertiary/aromatic N) is 1. The molecule has 0 aromatic heterocycles. The maximum Gasteiger partial charge on any atom is 0.236 e. The molecule has 6 heteroatoms. The Labute approximate surface area is 106 Å². The number of ether oxygens (including phenoxy) is 3. The molecular formula is C12H18N2O4. The van der Waals surface area contributed by atoms with E-state index in [1.54, 1.807) is 24.1 Å². The van der Waals surface area contributed by atoms with E-state index >= 15 is 0 Å². The molecule has 2 N–H and O–H groups in total. The Bertz CT molecular complexity index is 409. The van der Waals surface area contributed by atoms with Crippen LogP contribution in [-0.4, -0.2) is 40.8 Å². The van der Waals surface area contributed by atoms with Gasteiger partial charge in [-0.25, -0.2) is 0 Å². The zero-order valence-electron chi connectivity index (χ0n) is 11.0. The predicted octanol–water partition coefficient (Wildman–Crippen LogP) is 0.634. The normalized spacial score (nSPS) is 9.78. The van der Waals surface area contributed by atoms with E-state index < -0.39 is 5.91 Å². The van der Waals surface area contributed by atoms with Gasteiger partial charge in [0.05, 0.1) is 27.9 Å². The number of hydrogen-bond donors (Lipinski definition) is 1. The van der Waals surface area contributed by atoms with Crippen LogP contribution >= 0.6 is 0 Å². The molecule has 0 aliphatic rings. The van der Waals surface area contributed by atoms with Crippen molar-refractivity contribution in [2.45, 2.75) is 0 Å². The number of methoxy groups -OCH3 is 3. The van der Waals surface area contributed by atoms with Gasteiger partial charge >= 0.3 is 0 Å². The summed E-state index contributed by atoms with van der Waals surface area (Å²) < 4.78 is 15.7. The summed E-state index contributed by atoms with van der Waals surface area (Å²) in [6.45, 7) is 0.110. The van der Waals surface area contributed by atoms with Gasteiger partial charge in [0.15, 0.2) is 11.5 Å². The number of primary amides is 1. The van der Waals surface area contributed by atoms with Crippen molar-refractivity contribution in [3.8, 4) is 17.2 Å². The highest BCUT2D eigenvalue weighted by atomic mass is 16.5. The van der Waals surface area contributed by atoms with Gasteiger partial charge in [-0.2, -0.15) is 0 Å². The maximum atomic E-state index is 10.9. The zero-order chi connectivity index (χ0) is 13.7. The van der Waals surface area contributed by atoms with Crippen LogP contribution in [0, 0.1) is 0 Å². The van der Waals surface area contributed by atoms with E-state index in [-0.39, 0.29) is 6.54 Å². The van der Waals surface area contributed by atoms with E-state index in [0.29, 0.717) is 17.2 Å². The summed E-state index contributed by atoms with van der Waals surface area (Å²) in [5, 5.41) is 0. The van der Waals surface area contributed by atoms with Crippen LogP contribution in [0.5, 0.6) is 17.2 Å². The van der Waals surface area contributed by atoms with Crippen molar-refractivity contribution >= 4 is 11.6 Å². The quantitative estimate of drug-likeness (QED) is 0.806. The molecule has 0 saturated heterocycles. The van der Waals surface area contributed by atoms with Gasteiger partial charge in [0.2, 0.25) is 11.7 Å². The van der Waals surface area contributed by atoms with Crippen molar-refractivity contribution < 1.29 is 19.0 Å². The molecule has 6 nitrogen and oxygen atoms in total. The van der Waals surface area contributed by atoms with Gasteiger partial charge in [0.1, 0.15) is 0 Å². The zero-order valence-corrected chi connectivity index (χ0v) is 11.0. The third-order valence-corrected chi connectivity index (χ3v) is 2.48. The van der Waals surface area contributed by atoms with Crippen molar-refractivity contribution in [2.75, 3.05) is 39.8 Å². The van der Waals surface area contributed by atoms with Gasteiger partial charge in [-0.3, -0.25) is 4.79 Å². The van der Waals surface area contributed by atoms with Crippen molar-refractivity contribution in [3.05, 3.63) is 12.1 Å². The Hall–Kier alpha value is -2.11. The number of rotatable bonds is 6. The summed E-state index contributed by atoms with van der Waals surface area (Å²) in [5.74, 6) is 1.16. The Morgan fingerprint density at radius 1 is 1.17 bits per heavy atom. The minimum Gasteiger partial charge on any atom is -0.493 e. The SMILES string of the molecule is COc1cc(N(C)CC(N)=O)cc(OC)c1OC. The standard InChI is InChI=1S/C12H18N2O4/c1-14(7-11(13)15)8-5-9(16-2)12(18-4)10(6-8)17-3/h5-6H,7H2,1-4H3,(H2,13,15). The second-order valence-corrected chi connectivity index (χ2v) is 3.71. The number of hydrogen-bond acceptors (Lipinski definition) is 5. The van der Waals surface area contributed by atoms with Crippen LogP contribution in [0.4, 0.5) is 5.69 Å². The van der Waals surface area contributed by atoms with Crippen molar-refractivity contribution in [1.29, 1.82) is 0 Å². The number of carbonyl (C=O) groups excluding carboxylic acids is 1. The van der Waals surface area contributed by atoms with Crippen LogP contribution in [0.15, 0.2) is 12.1 Å². The van der Waals surface area contributed by atoms with Gasteiger partial charge in [0, 0.05) is 24.9 Å². The second kappa shape index (κ2) is 6.00. The van der Waals surface area contributed by atoms with Gasteiger partial charge in [-0.05, 0) is 0 Å². The lowest BCUT2D eigenvalue weighted by atomic mass is 10.2. The molecular weight excluding hydrogens is 236 g/mol. The van der Waals surface area contributed by atoms with Crippen LogP contribution in [-0.2, 0) is 4.79 Å². The van der Waals surface area contributed by atoms with E-state index in [1.807, 2.05) is 0 Å². The summed E-state index contributed by atoms with van der Waals surface area (Å²) in [6.07, 6.45) is 0. The molecule has 0 saturated carbocycles. The molecule has 1 amide bonds. The minimum atomic E-state index is -0.411. The molecule has 0 aliphatic heterocycles. The molecule has 0 aliphatic carbocycles. The third kappa shape index (κ3) is 2.97. The van der Waals surface area contributed by atoms with E-state index in [9.17, 15) is 4.79 Å². The highest BCUT2D eigenvalue weighted by molar-refractivity contribution is 5.80. The monoisotopic (exact) mass is 254 g/mol. The first-order chi connectivity index (χ1) is 8.53. The van der Waals surface area contributed by atoms with Crippen molar-refractivity contribution in [2.24, 2.45) is 5.73 Å². The fraction of sp³-hybridized carbons (Fsp3) is 0.417. The molecule has 18 heavy (non-hydrogen) atoms. The predicted molar refractivity (Wildman–Crippen MR) is 68.6 cm³/mol. The lowest BCUT2D eigenvalue weighted by Gasteiger charge is -2.20. The molecule has 0 fully saturated rings. The molecule has 0 heterocycles. The van der Waals surface area contributed by atoms with Crippen LogP contribution in [0.25, 0.3) is 0 Å². The largest absolute Gasteiger partial charge is 0.493 e. The summed E-state index contributed by atoms with van der Waals surface area (Å²) in [5.41, 5.74) is 5.91. The number of carbonyl (C=O) groups is 1. The second-order valence-electron chi connectivity index (χ2n) is 3.71. The first kappa shape index (κ1) is 14.0. The van der Waals surface area contributed by atoms with E-state index in [4.69, 9.17) is 19.9 Å². The van der Waals surface area contributed by atoms with Crippen LogP contribution in [0.2, 0.25) is 0 Å². The number of likely N-dealkylation sites (N-methyl/N-ethyl adjacent to an activating group) is 1. The topological polar surface area (TPSA) is 74.0 Å². The number of amides is 1. The van der Waals surface area contributed by atoms with Crippen LogP contribution < -0.4 is 24.8 Å². The lowest BCUT2D eigenvalue weighted by molar-refractivity contribution is -0.116. The highest BCUT2D eigenvalue weighted by Gasteiger charge is 2.15. The maximum absolute atomic E-state index is 10.9. The smallest absolute Gasteiger partial charge is 0.236 e. The molecule has 0 radical (unpaired) electrons. The average molecular weight is 254 g/mol. The Morgan fingerprint density at radius 3 is 2.00 bits per heavy atom. The molecule has 1 rings (SSSR count). The molecule has 0 spiro atoms. The van der Waals surface area contributed by atoms with Crippen molar-refractivity contribution in [3.63, 3.8) is 0 Å². The molecule has 100 valence electrons. The highest BCUT2D eigenvalue weighted by Crippen LogP contribution is 2.40. The number of anilines is 1. The minimum absolute atomic E-state index is 0.110. The Kier molecular flexibility index (Phi) is 4.65. The Morgan fingerprint density at radius 2 is 1.67 bits per heavy atom. The fourth-order valence-electron chi connectivity index (χ4n) is 1.61. The van der Waals surface area contributed by atoms with Gasteiger partial charge in [-0.1, -0.05) is 0 Å². The van der Waals surface area contributed by atoms with Crippen molar-refractivity contribution in [1.82, 2.24) is 0 Å². The van der Waals surface area contributed by atoms with E-state index in [2.05, 4.69) is 0 Å². The summed E-state index contributed by atoms with van der Waals surface area (Å²) in [6, 6.07) is 3.51. The average Bonchev–Trinajstić information content (AvgIpc) is 2.35. The molecule has 0 atom stereocenters. The molecule has 0 unspecified atom stereocenters. The van der Waals surface area contributed by atoms with Gasteiger partial charge in [0.25, 0.3) is 0 Å². The lowest BCUT2D eigenvalue weighted by Crippen LogP contribution is -2.30. The van der Waals surface area contributed by atoms with E-state index in [0.717, 1.165) is 5.69 Å². The van der Waals surface area contributed by atoms with Crippen LogP contribution in [0.3, 0.4) is 0 Å². The summed E-state index contributed by atoms with van der Waals surface area (Å²) >= 11 is 0. The van der Waals surface area contributed by atoms with Crippen LogP contribution in [0.1, 0.15) is 0 Å². The summed E-state index contributed by atoms with van der Waals surface area (Å²) in [4.78, 5) is 12.6. The first-order valence-corrected chi connectivity index (χ1v) is 5.33. The fourth-order valence-corrected chi connectivity index (χ4v) is 1.61. The molecule has 1 aromatic carbocycles. The van der Waals surface area contributed by atoms with Gasteiger partial charge < -0.3 is 24.8 Å². The Balaban J connectivity index is 3.18. The first-order valence-electron chi connectivity index (χ1n) is 5.33. The molecule has 0 bridgehead atoms. The van der Waals surface area contributed by atoms with Gasteiger partial charge in [-0.15, -0.1) is 0 Å². The number of benzene rings is 1. The third-order valence-electron chi connectivity index (χ3n) is 2.48. The van der Waals surface area contributed by atoms with E-state index in [1.165, 1.54) is 21.3 Å².